The van der Waals surface area contributed by atoms with E-state index in [1.807, 2.05) is 0 Å². The molecule has 0 bridgehead atoms. The maximum Gasteiger partial charge on any atom is 0.227 e. The third kappa shape index (κ3) is 2.07. The topological polar surface area (TPSA) is 64.3 Å². The Labute approximate surface area is 101 Å². The van der Waals surface area contributed by atoms with Crippen LogP contribution in [0, 0.1) is 0 Å². The lowest BCUT2D eigenvalue weighted by Gasteiger charge is -2.38. The highest BCUT2D eigenvalue weighted by Gasteiger charge is 2.38. The molecule has 1 aromatic rings. The number of nitrogen functional groups attached to an aromatic ring is 1. The van der Waals surface area contributed by atoms with E-state index in [1.165, 1.54) is 12.8 Å². The average Bonchev–Trinajstić information content (AvgIpc) is 2.79. The summed E-state index contributed by atoms with van der Waals surface area (Å²) in [5, 5.41) is 0. The summed E-state index contributed by atoms with van der Waals surface area (Å²) in [5.41, 5.74) is 5.83. The van der Waals surface area contributed by atoms with Gasteiger partial charge in [0.1, 0.15) is 5.82 Å². The zero-order chi connectivity index (χ0) is 11.7. The van der Waals surface area contributed by atoms with Crippen LogP contribution in [0.25, 0.3) is 0 Å². The number of ether oxygens (including phenoxy) is 1. The molecule has 1 spiro atoms. The first-order valence-corrected chi connectivity index (χ1v) is 6.25. The molecule has 0 saturated carbocycles. The normalized spacial score (nSPS) is 23.2. The molecule has 2 fully saturated rings. The second-order valence-electron chi connectivity index (χ2n) is 4.90. The van der Waals surface area contributed by atoms with Crippen LogP contribution in [0.1, 0.15) is 25.7 Å². The Bertz CT molecular complexity index is 393. The van der Waals surface area contributed by atoms with Crippen LogP contribution in [-0.2, 0) is 4.74 Å². The van der Waals surface area contributed by atoms with E-state index in [9.17, 15) is 0 Å². The van der Waals surface area contributed by atoms with Crippen molar-refractivity contribution in [2.24, 2.45) is 0 Å². The van der Waals surface area contributed by atoms with Crippen LogP contribution in [0.15, 0.2) is 12.3 Å². The van der Waals surface area contributed by atoms with Gasteiger partial charge in [-0.25, -0.2) is 4.98 Å². The van der Waals surface area contributed by atoms with Crippen LogP contribution < -0.4 is 10.6 Å². The van der Waals surface area contributed by atoms with Gasteiger partial charge in [-0.15, -0.1) is 0 Å². The number of aromatic nitrogens is 2. The molecule has 1 aromatic heterocycles. The number of rotatable bonds is 1. The maximum absolute atomic E-state index is 5.90. The Hall–Kier alpha value is -1.36. The minimum Gasteiger partial charge on any atom is -0.384 e. The van der Waals surface area contributed by atoms with E-state index >= 15 is 0 Å². The van der Waals surface area contributed by atoms with Crippen molar-refractivity contribution in [1.82, 2.24) is 9.97 Å². The lowest BCUT2D eigenvalue weighted by molar-refractivity contribution is -0.0147. The molecule has 5 heteroatoms. The second kappa shape index (κ2) is 4.14. The zero-order valence-electron chi connectivity index (χ0n) is 9.93. The van der Waals surface area contributed by atoms with Crippen LogP contribution in [0.4, 0.5) is 11.8 Å². The Morgan fingerprint density at radius 2 is 2.12 bits per heavy atom. The van der Waals surface area contributed by atoms with Crippen molar-refractivity contribution < 1.29 is 4.74 Å². The fourth-order valence-corrected chi connectivity index (χ4v) is 2.78. The fraction of sp³-hybridized carbons (Fsp3) is 0.667. The molecule has 3 rings (SSSR count). The van der Waals surface area contributed by atoms with E-state index in [0.717, 1.165) is 38.5 Å². The van der Waals surface area contributed by atoms with Crippen LogP contribution >= 0.6 is 0 Å². The molecule has 0 amide bonds. The summed E-state index contributed by atoms with van der Waals surface area (Å²) in [4.78, 5) is 10.7. The molecule has 92 valence electrons. The number of anilines is 2. The molecule has 2 saturated heterocycles. The highest BCUT2D eigenvalue weighted by Crippen LogP contribution is 2.36. The number of hydrogen-bond acceptors (Lipinski definition) is 5. The van der Waals surface area contributed by atoms with Crippen molar-refractivity contribution in [3.8, 4) is 0 Å². The molecule has 2 aliphatic heterocycles. The minimum atomic E-state index is 0.150. The molecule has 0 aliphatic carbocycles. The second-order valence-corrected chi connectivity index (χ2v) is 4.90. The first kappa shape index (κ1) is 10.8. The smallest absolute Gasteiger partial charge is 0.227 e. The summed E-state index contributed by atoms with van der Waals surface area (Å²) in [7, 11) is 0. The largest absolute Gasteiger partial charge is 0.384 e. The minimum absolute atomic E-state index is 0.150. The van der Waals surface area contributed by atoms with Gasteiger partial charge in [0.25, 0.3) is 0 Å². The lowest BCUT2D eigenvalue weighted by Crippen LogP contribution is -2.44. The lowest BCUT2D eigenvalue weighted by atomic mass is 9.89. The molecule has 3 heterocycles. The number of nitrogens with two attached hydrogens (primary N) is 1. The van der Waals surface area contributed by atoms with E-state index in [-0.39, 0.29) is 5.60 Å². The third-order valence-electron chi connectivity index (χ3n) is 3.81. The summed E-state index contributed by atoms with van der Waals surface area (Å²) in [6.45, 7) is 2.85. The summed E-state index contributed by atoms with van der Waals surface area (Å²) >= 11 is 0. The van der Waals surface area contributed by atoms with Crippen molar-refractivity contribution in [3.63, 3.8) is 0 Å². The molecule has 0 radical (unpaired) electrons. The van der Waals surface area contributed by atoms with E-state index < -0.39 is 0 Å². The molecule has 0 atom stereocenters. The van der Waals surface area contributed by atoms with Crippen molar-refractivity contribution in [2.75, 3.05) is 30.3 Å². The van der Waals surface area contributed by atoms with Gasteiger partial charge in [0.15, 0.2) is 0 Å². The first-order valence-electron chi connectivity index (χ1n) is 6.25. The fourth-order valence-electron chi connectivity index (χ4n) is 2.78. The van der Waals surface area contributed by atoms with Gasteiger partial charge < -0.3 is 15.4 Å². The van der Waals surface area contributed by atoms with Crippen molar-refractivity contribution >= 4 is 11.8 Å². The monoisotopic (exact) mass is 234 g/mol. The molecule has 0 aromatic carbocycles. The van der Waals surface area contributed by atoms with Gasteiger partial charge >= 0.3 is 0 Å². The van der Waals surface area contributed by atoms with Gasteiger partial charge in [-0.2, -0.15) is 4.98 Å². The quantitative estimate of drug-likeness (QED) is 0.791. The average molecular weight is 234 g/mol. The molecule has 5 nitrogen and oxygen atoms in total. The van der Waals surface area contributed by atoms with Gasteiger partial charge in [-0.05, 0) is 31.7 Å². The third-order valence-corrected chi connectivity index (χ3v) is 3.81. The van der Waals surface area contributed by atoms with Crippen molar-refractivity contribution in [1.29, 1.82) is 0 Å². The number of piperidine rings is 1. The highest BCUT2D eigenvalue weighted by molar-refractivity contribution is 5.38. The summed E-state index contributed by atoms with van der Waals surface area (Å²) < 4.78 is 5.90. The van der Waals surface area contributed by atoms with Gasteiger partial charge in [-0.1, -0.05) is 0 Å². The van der Waals surface area contributed by atoms with Crippen LogP contribution in [0.5, 0.6) is 0 Å². The van der Waals surface area contributed by atoms with E-state index in [0.29, 0.717) is 5.82 Å². The molecule has 2 N–H and O–H groups in total. The zero-order valence-corrected chi connectivity index (χ0v) is 9.93. The van der Waals surface area contributed by atoms with E-state index in [2.05, 4.69) is 14.9 Å². The van der Waals surface area contributed by atoms with Crippen LogP contribution in [-0.4, -0.2) is 35.3 Å². The predicted octanol–water partition coefficient (Wildman–Crippen LogP) is 1.21. The highest BCUT2D eigenvalue weighted by atomic mass is 16.5. The van der Waals surface area contributed by atoms with Gasteiger partial charge in [-0.3, -0.25) is 0 Å². The Balaban J connectivity index is 1.68. The van der Waals surface area contributed by atoms with Gasteiger partial charge in [0.2, 0.25) is 5.95 Å². The van der Waals surface area contributed by atoms with Gasteiger partial charge in [0.05, 0.1) is 5.60 Å². The summed E-state index contributed by atoms with van der Waals surface area (Å²) in [6, 6.07) is 1.72. The molecule has 2 aliphatic rings. The number of hydrogen-bond donors (Lipinski definition) is 1. The Morgan fingerprint density at radius 3 is 2.76 bits per heavy atom. The predicted molar refractivity (Wildman–Crippen MR) is 65.8 cm³/mol. The first-order chi connectivity index (χ1) is 8.27. The Morgan fingerprint density at radius 1 is 1.29 bits per heavy atom. The molecule has 0 unspecified atom stereocenters. The number of nitrogens with zero attached hydrogens (tertiary/aromatic N) is 3. The standard InChI is InChI=1S/C12H18N4O/c13-10-2-6-14-11(15-10)16-7-4-12(5-8-16)3-1-9-17-12/h2,6H,1,3-5,7-9H2,(H2,13,14,15). The molecular formula is C12H18N4O. The molecule has 17 heavy (non-hydrogen) atoms. The Kier molecular flexibility index (Phi) is 2.63. The summed E-state index contributed by atoms with van der Waals surface area (Å²) in [6.07, 6.45) is 6.28. The maximum atomic E-state index is 5.90. The van der Waals surface area contributed by atoms with Gasteiger partial charge in [0, 0.05) is 25.9 Å². The summed E-state index contributed by atoms with van der Waals surface area (Å²) in [5.74, 6) is 1.28. The van der Waals surface area contributed by atoms with Crippen molar-refractivity contribution in [2.45, 2.75) is 31.3 Å². The molecular weight excluding hydrogens is 216 g/mol. The SMILES string of the molecule is Nc1ccnc(N2CCC3(CCCO3)CC2)n1. The van der Waals surface area contributed by atoms with Crippen LogP contribution in [0.3, 0.4) is 0 Å². The van der Waals surface area contributed by atoms with E-state index in [4.69, 9.17) is 10.5 Å². The van der Waals surface area contributed by atoms with Crippen LogP contribution in [0.2, 0.25) is 0 Å². The van der Waals surface area contributed by atoms with E-state index in [1.54, 1.807) is 12.3 Å². The van der Waals surface area contributed by atoms with Crippen molar-refractivity contribution in [3.05, 3.63) is 12.3 Å².